The molecule has 1 fully saturated rings. The van der Waals surface area contributed by atoms with Crippen LogP contribution in [0.2, 0.25) is 0 Å². The zero-order valence-electron chi connectivity index (χ0n) is 12.6. The first-order chi connectivity index (χ1) is 9.19. The van der Waals surface area contributed by atoms with Crippen LogP contribution in [0, 0.1) is 0 Å². The number of hydrogen-bond donors (Lipinski definition) is 1. The number of nitrogens with zero attached hydrogens (tertiary/aromatic N) is 1. The van der Waals surface area contributed by atoms with Gasteiger partial charge in [0, 0.05) is 24.5 Å². The number of nitrogens with one attached hydrogen (secondary N) is 1. The fourth-order valence-electron chi connectivity index (χ4n) is 2.97. The molecule has 0 aliphatic carbocycles. The zero-order chi connectivity index (χ0) is 13.7. The molecule has 1 aromatic rings. The summed E-state index contributed by atoms with van der Waals surface area (Å²) >= 11 is 0. The van der Waals surface area contributed by atoms with Crippen LogP contribution in [0.25, 0.3) is 0 Å². The molecule has 19 heavy (non-hydrogen) atoms. The van der Waals surface area contributed by atoms with E-state index in [4.69, 9.17) is 4.42 Å². The lowest BCUT2D eigenvalue weighted by Crippen LogP contribution is -2.46. The van der Waals surface area contributed by atoms with E-state index in [1.165, 1.54) is 32.4 Å². The summed E-state index contributed by atoms with van der Waals surface area (Å²) < 4.78 is 5.48. The highest BCUT2D eigenvalue weighted by Crippen LogP contribution is 2.15. The van der Waals surface area contributed by atoms with E-state index < -0.39 is 0 Å². The third kappa shape index (κ3) is 4.36. The lowest BCUT2D eigenvalue weighted by Gasteiger charge is -2.35. The lowest BCUT2D eigenvalue weighted by atomic mass is 10.0. The smallest absolute Gasteiger partial charge is 0.105 e. The summed E-state index contributed by atoms with van der Waals surface area (Å²) in [6.45, 7) is 9.29. The van der Waals surface area contributed by atoms with Gasteiger partial charge in [0.2, 0.25) is 0 Å². The summed E-state index contributed by atoms with van der Waals surface area (Å²) in [6, 6.07) is 5.93. The quantitative estimate of drug-likeness (QED) is 0.906. The molecule has 3 nitrogen and oxygen atoms in total. The Morgan fingerprint density at radius 2 is 2.21 bits per heavy atom. The Labute approximate surface area is 117 Å². The van der Waals surface area contributed by atoms with Crippen LogP contribution >= 0.6 is 0 Å². The second-order valence-electron chi connectivity index (χ2n) is 5.92. The third-order valence-corrected chi connectivity index (χ3v) is 4.33. The molecule has 2 heterocycles. The zero-order valence-corrected chi connectivity index (χ0v) is 12.6. The molecule has 1 saturated heterocycles. The van der Waals surface area contributed by atoms with E-state index >= 15 is 0 Å². The molecule has 3 atom stereocenters. The van der Waals surface area contributed by atoms with Crippen molar-refractivity contribution < 1.29 is 4.42 Å². The molecular weight excluding hydrogens is 236 g/mol. The fourth-order valence-corrected chi connectivity index (χ4v) is 2.97. The molecule has 1 N–H and O–H groups in total. The maximum atomic E-state index is 5.48. The number of furan rings is 1. The first kappa shape index (κ1) is 14.6. The van der Waals surface area contributed by atoms with Gasteiger partial charge in [0.25, 0.3) is 0 Å². The number of hydrogen-bond acceptors (Lipinski definition) is 3. The first-order valence-electron chi connectivity index (χ1n) is 7.71. The lowest BCUT2D eigenvalue weighted by molar-refractivity contribution is 0.163. The Balaban J connectivity index is 1.90. The van der Waals surface area contributed by atoms with Gasteiger partial charge >= 0.3 is 0 Å². The van der Waals surface area contributed by atoms with E-state index in [0.717, 1.165) is 12.2 Å². The second-order valence-corrected chi connectivity index (χ2v) is 5.92. The molecule has 2 rings (SSSR count). The van der Waals surface area contributed by atoms with E-state index in [0.29, 0.717) is 18.1 Å². The Morgan fingerprint density at radius 3 is 2.89 bits per heavy atom. The van der Waals surface area contributed by atoms with Crippen LogP contribution in [-0.2, 0) is 6.42 Å². The van der Waals surface area contributed by atoms with Crippen LogP contribution in [0.15, 0.2) is 22.8 Å². The van der Waals surface area contributed by atoms with Crippen molar-refractivity contribution in [3.8, 4) is 0 Å². The van der Waals surface area contributed by atoms with Gasteiger partial charge in [-0.05, 0) is 58.3 Å². The molecule has 1 aliphatic heterocycles. The van der Waals surface area contributed by atoms with Crippen LogP contribution in [0.4, 0.5) is 0 Å². The predicted octanol–water partition coefficient (Wildman–Crippen LogP) is 3.06. The van der Waals surface area contributed by atoms with Gasteiger partial charge in [-0.1, -0.05) is 6.92 Å². The maximum Gasteiger partial charge on any atom is 0.105 e. The largest absolute Gasteiger partial charge is 0.469 e. The fraction of sp³-hybridized carbons (Fsp3) is 0.750. The van der Waals surface area contributed by atoms with E-state index in [-0.39, 0.29) is 0 Å². The second kappa shape index (κ2) is 7.11. The van der Waals surface area contributed by atoms with Gasteiger partial charge in [-0.2, -0.15) is 0 Å². The van der Waals surface area contributed by atoms with Gasteiger partial charge in [0.15, 0.2) is 0 Å². The van der Waals surface area contributed by atoms with Crippen molar-refractivity contribution in [2.75, 3.05) is 13.1 Å². The molecule has 3 unspecified atom stereocenters. The van der Waals surface area contributed by atoms with Gasteiger partial charge in [-0.3, -0.25) is 0 Å². The van der Waals surface area contributed by atoms with Crippen molar-refractivity contribution in [2.45, 2.75) is 64.6 Å². The normalized spacial score (nSPS) is 27.7. The van der Waals surface area contributed by atoms with Crippen molar-refractivity contribution >= 4 is 0 Å². The molecule has 0 aromatic carbocycles. The van der Waals surface area contributed by atoms with Crippen molar-refractivity contribution in [3.63, 3.8) is 0 Å². The molecule has 0 radical (unpaired) electrons. The van der Waals surface area contributed by atoms with Crippen molar-refractivity contribution in [3.05, 3.63) is 24.2 Å². The summed E-state index contributed by atoms with van der Waals surface area (Å²) in [7, 11) is 0. The van der Waals surface area contributed by atoms with Crippen LogP contribution in [-0.4, -0.2) is 36.1 Å². The third-order valence-electron chi connectivity index (χ3n) is 4.33. The highest BCUT2D eigenvalue weighted by Gasteiger charge is 2.21. The maximum absolute atomic E-state index is 5.48. The van der Waals surface area contributed by atoms with E-state index in [1.54, 1.807) is 6.26 Å². The molecule has 0 amide bonds. The van der Waals surface area contributed by atoms with Crippen LogP contribution in [0.5, 0.6) is 0 Å². The topological polar surface area (TPSA) is 28.4 Å². The summed E-state index contributed by atoms with van der Waals surface area (Å²) in [5.74, 6) is 1.10. The standard InChI is InChI=1S/C16H28N2O/c1-4-15-8-10-18(9-7-13(2)17-15)14(3)12-16-6-5-11-19-16/h5-6,11,13-15,17H,4,7-10,12H2,1-3H3. The molecule has 108 valence electrons. The molecular formula is C16H28N2O. The first-order valence-corrected chi connectivity index (χ1v) is 7.71. The van der Waals surface area contributed by atoms with Crippen LogP contribution < -0.4 is 5.32 Å². The molecule has 0 spiro atoms. The Hall–Kier alpha value is -0.800. The van der Waals surface area contributed by atoms with Crippen molar-refractivity contribution in [1.82, 2.24) is 10.2 Å². The minimum atomic E-state index is 0.564. The Bertz CT molecular complexity index is 350. The average molecular weight is 264 g/mol. The molecule has 1 aliphatic rings. The van der Waals surface area contributed by atoms with Gasteiger partial charge < -0.3 is 14.6 Å². The highest BCUT2D eigenvalue weighted by molar-refractivity contribution is 5.00. The molecule has 1 aromatic heterocycles. The SMILES string of the molecule is CCC1CCN(C(C)Cc2ccco2)CCC(C)N1. The monoisotopic (exact) mass is 264 g/mol. The van der Waals surface area contributed by atoms with Gasteiger partial charge in [-0.15, -0.1) is 0 Å². The Morgan fingerprint density at radius 1 is 1.42 bits per heavy atom. The summed E-state index contributed by atoms with van der Waals surface area (Å²) in [5, 5.41) is 3.73. The van der Waals surface area contributed by atoms with Crippen molar-refractivity contribution in [1.29, 1.82) is 0 Å². The summed E-state index contributed by atoms with van der Waals surface area (Å²) in [4.78, 5) is 2.63. The highest BCUT2D eigenvalue weighted by atomic mass is 16.3. The van der Waals surface area contributed by atoms with E-state index in [9.17, 15) is 0 Å². The minimum Gasteiger partial charge on any atom is -0.469 e. The van der Waals surface area contributed by atoms with E-state index in [1.807, 2.05) is 6.07 Å². The van der Waals surface area contributed by atoms with Crippen LogP contribution in [0.1, 0.15) is 45.8 Å². The summed E-state index contributed by atoms with van der Waals surface area (Å²) in [5.41, 5.74) is 0. The average Bonchev–Trinajstić information content (AvgIpc) is 2.86. The van der Waals surface area contributed by atoms with Gasteiger partial charge in [-0.25, -0.2) is 0 Å². The predicted molar refractivity (Wildman–Crippen MR) is 79.4 cm³/mol. The minimum absolute atomic E-state index is 0.564. The Kier molecular flexibility index (Phi) is 5.46. The van der Waals surface area contributed by atoms with E-state index in [2.05, 4.69) is 37.1 Å². The van der Waals surface area contributed by atoms with Gasteiger partial charge in [0.1, 0.15) is 5.76 Å². The molecule has 3 heteroatoms. The number of rotatable bonds is 4. The van der Waals surface area contributed by atoms with Crippen LogP contribution in [0.3, 0.4) is 0 Å². The molecule has 0 saturated carbocycles. The summed E-state index contributed by atoms with van der Waals surface area (Å²) in [6.07, 6.45) is 6.51. The van der Waals surface area contributed by atoms with Gasteiger partial charge in [0.05, 0.1) is 6.26 Å². The van der Waals surface area contributed by atoms with Crippen molar-refractivity contribution in [2.24, 2.45) is 0 Å². The molecule has 0 bridgehead atoms.